The van der Waals surface area contributed by atoms with Crippen LogP contribution in [0.2, 0.25) is 0 Å². The Morgan fingerprint density at radius 3 is 2.69 bits per heavy atom. The molecule has 1 saturated heterocycles. The van der Waals surface area contributed by atoms with E-state index in [1.54, 1.807) is 18.7 Å². The van der Waals surface area contributed by atoms with Gasteiger partial charge in [0.2, 0.25) is 17.7 Å². The van der Waals surface area contributed by atoms with Gasteiger partial charge in [0, 0.05) is 44.1 Å². The molecular formula is C22H28N4O5S. The van der Waals surface area contributed by atoms with Crippen molar-refractivity contribution in [1.82, 2.24) is 15.2 Å². The molecule has 0 spiro atoms. The third-order valence-corrected chi connectivity index (χ3v) is 5.72. The number of carbonyl (C=O) groups is 3. The van der Waals surface area contributed by atoms with E-state index in [-0.39, 0.29) is 43.2 Å². The van der Waals surface area contributed by atoms with Gasteiger partial charge in [0.05, 0.1) is 19.8 Å². The van der Waals surface area contributed by atoms with Crippen LogP contribution in [0, 0.1) is 0 Å². The Morgan fingerprint density at radius 1 is 1.22 bits per heavy atom. The zero-order valence-corrected chi connectivity index (χ0v) is 18.9. The molecular weight excluding hydrogens is 432 g/mol. The van der Waals surface area contributed by atoms with E-state index in [1.165, 1.54) is 16.2 Å². The first kappa shape index (κ1) is 23.7. The number of hydrogen-bond acceptors (Lipinski definition) is 7. The fourth-order valence-electron chi connectivity index (χ4n) is 3.31. The van der Waals surface area contributed by atoms with Gasteiger partial charge in [0.1, 0.15) is 5.75 Å². The van der Waals surface area contributed by atoms with E-state index < -0.39 is 0 Å². The minimum atomic E-state index is -0.283. The van der Waals surface area contributed by atoms with Crippen LogP contribution in [0.15, 0.2) is 35.8 Å². The zero-order chi connectivity index (χ0) is 22.8. The standard InChI is InChI=1S/C22H28N4O5S/c1-30-17-6-4-16(5-7-17)13-24-20(28)15-26(14-18-3-2-11-31-18)21(29)9-8-19(27)25-22-23-10-12-32-22/h4-7,10,12,18H,2-3,8-9,11,13-15H2,1H3,(H,24,28)(H,23,25,27). The Hall–Kier alpha value is -2.98. The molecule has 1 aromatic heterocycles. The maximum Gasteiger partial charge on any atom is 0.239 e. The van der Waals surface area contributed by atoms with Crippen molar-refractivity contribution < 1.29 is 23.9 Å². The molecule has 10 heteroatoms. The lowest BCUT2D eigenvalue weighted by molar-refractivity contribution is -0.138. The zero-order valence-electron chi connectivity index (χ0n) is 18.0. The second-order valence-electron chi connectivity index (χ2n) is 7.42. The van der Waals surface area contributed by atoms with Gasteiger partial charge in [0.15, 0.2) is 5.13 Å². The number of amides is 3. The molecule has 9 nitrogen and oxygen atoms in total. The fraction of sp³-hybridized carbons (Fsp3) is 0.455. The van der Waals surface area contributed by atoms with E-state index >= 15 is 0 Å². The van der Waals surface area contributed by atoms with Gasteiger partial charge in [-0.2, -0.15) is 0 Å². The molecule has 2 aromatic rings. The molecule has 1 unspecified atom stereocenters. The lowest BCUT2D eigenvalue weighted by Gasteiger charge is -2.25. The Bertz CT molecular complexity index is 882. The highest BCUT2D eigenvalue weighted by Crippen LogP contribution is 2.15. The van der Waals surface area contributed by atoms with Crippen LogP contribution < -0.4 is 15.4 Å². The molecule has 2 N–H and O–H groups in total. The van der Waals surface area contributed by atoms with Crippen LogP contribution in [0.4, 0.5) is 5.13 Å². The van der Waals surface area contributed by atoms with E-state index in [9.17, 15) is 14.4 Å². The van der Waals surface area contributed by atoms with Crippen LogP contribution in [-0.4, -0.2) is 60.5 Å². The molecule has 172 valence electrons. The summed E-state index contributed by atoms with van der Waals surface area (Å²) in [5, 5.41) is 7.76. The molecule has 2 heterocycles. The molecule has 1 aliphatic heterocycles. The third-order valence-electron chi connectivity index (χ3n) is 5.03. The Kier molecular flexibility index (Phi) is 9.00. The summed E-state index contributed by atoms with van der Waals surface area (Å²) < 4.78 is 10.8. The quantitative estimate of drug-likeness (QED) is 0.532. The number of methoxy groups -OCH3 is 1. The number of nitrogens with one attached hydrogen (secondary N) is 2. The van der Waals surface area contributed by atoms with E-state index in [2.05, 4.69) is 15.6 Å². The van der Waals surface area contributed by atoms with E-state index in [1.807, 2.05) is 24.3 Å². The van der Waals surface area contributed by atoms with Crippen LogP contribution in [0.5, 0.6) is 5.75 Å². The second kappa shape index (κ2) is 12.2. The van der Waals surface area contributed by atoms with Crippen LogP contribution in [0.1, 0.15) is 31.2 Å². The van der Waals surface area contributed by atoms with Gasteiger partial charge in [-0.1, -0.05) is 12.1 Å². The lowest BCUT2D eigenvalue weighted by atomic mass is 10.2. The SMILES string of the molecule is COc1ccc(CNC(=O)CN(CC2CCCO2)C(=O)CCC(=O)Nc2nccs2)cc1. The Balaban J connectivity index is 1.50. The molecule has 0 bridgehead atoms. The summed E-state index contributed by atoms with van der Waals surface area (Å²) in [5.41, 5.74) is 0.926. The predicted molar refractivity (Wildman–Crippen MR) is 120 cm³/mol. The lowest BCUT2D eigenvalue weighted by Crippen LogP contribution is -2.44. The van der Waals surface area contributed by atoms with Gasteiger partial charge in [-0.15, -0.1) is 11.3 Å². The maximum absolute atomic E-state index is 12.8. The number of thiazole rings is 1. The van der Waals surface area contributed by atoms with Gasteiger partial charge in [-0.25, -0.2) is 4.98 Å². The van der Waals surface area contributed by atoms with Crippen molar-refractivity contribution >= 4 is 34.2 Å². The molecule has 1 aliphatic rings. The van der Waals surface area contributed by atoms with Crippen molar-refractivity contribution in [1.29, 1.82) is 0 Å². The molecule has 1 fully saturated rings. The largest absolute Gasteiger partial charge is 0.497 e. The van der Waals surface area contributed by atoms with Crippen LogP contribution in [-0.2, 0) is 25.7 Å². The third kappa shape index (κ3) is 7.61. The minimum absolute atomic E-state index is 0.00961. The molecule has 1 aromatic carbocycles. The summed E-state index contributed by atoms with van der Waals surface area (Å²) in [6.45, 7) is 1.26. The number of nitrogens with zero attached hydrogens (tertiary/aromatic N) is 2. The molecule has 3 rings (SSSR count). The molecule has 1 atom stereocenters. The first-order valence-corrected chi connectivity index (χ1v) is 11.4. The number of anilines is 1. The molecule has 0 radical (unpaired) electrons. The van der Waals surface area contributed by atoms with Gasteiger partial charge in [0.25, 0.3) is 0 Å². The van der Waals surface area contributed by atoms with Gasteiger partial charge in [-0.3, -0.25) is 14.4 Å². The minimum Gasteiger partial charge on any atom is -0.497 e. The van der Waals surface area contributed by atoms with Crippen LogP contribution in [0.25, 0.3) is 0 Å². The number of benzene rings is 1. The van der Waals surface area contributed by atoms with Crippen molar-refractivity contribution in [3.05, 3.63) is 41.4 Å². The Morgan fingerprint density at radius 2 is 2.03 bits per heavy atom. The van der Waals surface area contributed by atoms with Crippen LogP contribution in [0.3, 0.4) is 0 Å². The van der Waals surface area contributed by atoms with Gasteiger partial charge >= 0.3 is 0 Å². The highest BCUT2D eigenvalue weighted by Gasteiger charge is 2.24. The number of hydrogen-bond donors (Lipinski definition) is 2. The van der Waals surface area contributed by atoms with Gasteiger partial charge in [-0.05, 0) is 30.5 Å². The highest BCUT2D eigenvalue weighted by molar-refractivity contribution is 7.13. The summed E-state index contributed by atoms with van der Waals surface area (Å²) in [5.74, 6) is -0.0598. The second-order valence-corrected chi connectivity index (χ2v) is 8.31. The summed E-state index contributed by atoms with van der Waals surface area (Å²) in [6, 6.07) is 7.39. The van der Waals surface area contributed by atoms with Gasteiger partial charge < -0.3 is 25.0 Å². The predicted octanol–water partition coefficient (Wildman–Crippen LogP) is 2.19. The summed E-state index contributed by atoms with van der Waals surface area (Å²) >= 11 is 1.31. The Labute approximate surface area is 191 Å². The number of rotatable bonds is 11. The number of aromatic nitrogens is 1. The van der Waals surface area contributed by atoms with Crippen molar-refractivity contribution in [2.24, 2.45) is 0 Å². The van der Waals surface area contributed by atoms with Crippen molar-refractivity contribution in [3.63, 3.8) is 0 Å². The normalized spacial score (nSPS) is 15.2. The molecule has 32 heavy (non-hydrogen) atoms. The highest BCUT2D eigenvalue weighted by atomic mass is 32.1. The molecule has 3 amide bonds. The van der Waals surface area contributed by atoms with Crippen molar-refractivity contribution in [3.8, 4) is 5.75 Å². The summed E-state index contributed by atoms with van der Waals surface area (Å²) in [6.07, 6.45) is 3.33. The first-order valence-electron chi connectivity index (χ1n) is 10.5. The average Bonchev–Trinajstić information content (AvgIpc) is 3.50. The first-order chi connectivity index (χ1) is 15.5. The smallest absolute Gasteiger partial charge is 0.239 e. The summed E-state index contributed by atoms with van der Waals surface area (Å²) in [4.78, 5) is 42.9. The molecule has 0 saturated carbocycles. The monoisotopic (exact) mass is 460 g/mol. The fourth-order valence-corrected chi connectivity index (χ4v) is 3.85. The topological polar surface area (TPSA) is 110 Å². The van der Waals surface area contributed by atoms with E-state index in [0.717, 1.165) is 24.2 Å². The maximum atomic E-state index is 12.8. The van der Waals surface area contributed by atoms with E-state index in [0.29, 0.717) is 24.8 Å². The van der Waals surface area contributed by atoms with Crippen molar-refractivity contribution in [2.75, 3.05) is 32.1 Å². The van der Waals surface area contributed by atoms with Crippen molar-refractivity contribution in [2.45, 2.75) is 38.3 Å². The number of ether oxygens (including phenoxy) is 2. The average molecular weight is 461 g/mol. The molecule has 0 aliphatic carbocycles. The van der Waals surface area contributed by atoms with Crippen LogP contribution >= 0.6 is 11.3 Å². The summed E-state index contributed by atoms with van der Waals surface area (Å²) in [7, 11) is 1.60. The van der Waals surface area contributed by atoms with E-state index in [4.69, 9.17) is 9.47 Å². The number of carbonyl (C=O) groups excluding carboxylic acids is 3.